The Morgan fingerprint density at radius 1 is 1.08 bits per heavy atom. The second-order valence-corrected chi connectivity index (χ2v) is 6.10. The maximum Gasteiger partial charge on any atom is 0.254 e. The number of β-amino-alcohol motifs (C(OH)–C–C–N with tert-alkyl or cyclic N) is 1. The first kappa shape index (κ1) is 15.8. The largest absolute Gasteiger partial charge is 0.454 e. The molecule has 1 amide bonds. The number of carbonyl (C=O) groups is 1. The van der Waals surface area contributed by atoms with Gasteiger partial charge in [0.15, 0.2) is 23.1 Å². The molecule has 7 heteroatoms. The SMILES string of the molecule is O=C(c1ccc2c(c1)OCO2)N1C[C@@H](O)C[C@H]1c1ccc(F)c(F)c1. The highest BCUT2D eigenvalue weighted by Gasteiger charge is 2.36. The summed E-state index contributed by atoms with van der Waals surface area (Å²) < 4.78 is 37.2. The number of amides is 1. The quantitative estimate of drug-likeness (QED) is 0.907. The lowest BCUT2D eigenvalue weighted by atomic mass is 10.0. The van der Waals surface area contributed by atoms with Crippen molar-refractivity contribution < 1.29 is 28.2 Å². The minimum Gasteiger partial charge on any atom is -0.454 e. The maximum absolute atomic E-state index is 13.6. The minimum atomic E-state index is -0.977. The number of halogens is 2. The third-order valence-corrected chi connectivity index (χ3v) is 4.49. The number of likely N-dealkylation sites (tertiary alicyclic amines) is 1. The van der Waals surface area contributed by atoms with E-state index in [9.17, 15) is 18.7 Å². The molecule has 0 bridgehead atoms. The van der Waals surface area contributed by atoms with Crippen LogP contribution in [0.2, 0.25) is 0 Å². The van der Waals surface area contributed by atoms with Gasteiger partial charge in [0, 0.05) is 12.1 Å². The Morgan fingerprint density at radius 3 is 2.68 bits per heavy atom. The van der Waals surface area contributed by atoms with Crippen LogP contribution < -0.4 is 9.47 Å². The number of rotatable bonds is 2. The molecule has 0 saturated carbocycles. The molecule has 25 heavy (non-hydrogen) atoms. The number of aliphatic hydroxyl groups is 1. The highest BCUT2D eigenvalue weighted by atomic mass is 19.2. The predicted octanol–water partition coefficient (Wildman–Crippen LogP) is 2.64. The summed E-state index contributed by atoms with van der Waals surface area (Å²) in [4.78, 5) is 14.3. The number of nitrogens with zero attached hydrogens (tertiary/aromatic N) is 1. The first-order valence-corrected chi connectivity index (χ1v) is 7.86. The van der Waals surface area contributed by atoms with Crippen LogP contribution in [0.4, 0.5) is 8.78 Å². The lowest BCUT2D eigenvalue weighted by Crippen LogP contribution is -2.31. The van der Waals surface area contributed by atoms with Crippen molar-refractivity contribution in [3.8, 4) is 11.5 Å². The van der Waals surface area contributed by atoms with E-state index in [0.29, 0.717) is 22.6 Å². The molecule has 130 valence electrons. The predicted molar refractivity (Wildman–Crippen MR) is 83.3 cm³/mol. The zero-order valence-electron chi connectivity index (χ0n) is 13.1. The Balaban J connectivity index is 1.65. The Morgan fingerprint density at radius 2 is 1.88 bits per heavy atom. The fraction of sp³-hybridized carbons (Fsp3) is 0.278. The molecule has 2 aromatic rings. The van der Waals surface area contributed by atoms with Gasteiger partial charge in [0.25, 0.3) is 5.91 Å². The van der Waals surface area contributed by atoms with Crippen LogP contribution >= 0.6 is 0 Å². The molecule has 2 aliphatic rings. The minimum absolute atomic E-state index is 0.104. The van der Waals surface area contributed by atoms with Gasteiger partial charge in [-0.1, -0.05) is 6.07 Å². The van der Waals surface area contributed by atoms with Gasteiger partial charge in [0.2, 0.25) is 6.79 Å². The van der Waals surface area contributed by atoms with E-state index in [1.54, 1.807) is 18.2 Å². The zero-order chi connectivity index (χ0) is 17.6. The maximum atomic E-state index is 13.6. The van der Waals surface area contributed by atoms with Crippen LogP contribution in [0.3, 0.4) is 0 Å². The number of aliphatic hydroxyl groups excluding tert-OH is 1. The second-order valence-electron chi connectivity index (χ2n) is 6.10. The molecule has 2 aromatic carbocycles. The summed E-state index contributed by atoms with van der Waals surface area (Å²) in [6.45, 7) is 0.226. The summed E-state index contributed by atoms with van der Waals surface area (Å²) in [5.41, 5.74) is 0.829. The highest BCUT2D eigenvalue weighted by Crippen LogP contribution is 2.36. The van der Waals surface area contributed by atoms with Gasteiger partial charge in [0.1, 0.15) is 0 Å². The summed E-state index contributed by atoms with van der Waals surface area (Å²) in [6.07, 6.45) is -0.461. The van der Waals surface area contributed by atoms with Gasteiger partial charge in [-0.15, -0.1) is 0 Å². The van der Waals surface area contributed by atoms with E-state index in [0.717, 1.165) is 12.1 Å². The fourth-order valence-corrected chi connectivity index (χ4v) is 3.27. The van der Waals surface area contributed by atoms with Crippen molar-refractivity contribution in [3.05, 3.63) is 59.2 Å². The molecule has 2 heterocycles. The molecule has 5 nitrogen and oxygen atoms in total. The van der Waals surface area contributed by atoms with Gasteiger partial charge < -0.3 is 19.5 Å². The van der Waals surface area contributed by atoms with Crippen molar-refractivity contribution in [1.29, 1.82) is 0 Å². The van der Waals surface area contributed by atoms with Crippen LogP contribution in [-0.4, -0.2) is 35.4 Å². The number of carbonyl (C=O) groups excluding carboxylic acids is 1. The number of hydrogen-bond donors (Lipinski definition) is 1. The number of fused-ring (bicyclic) bond motifs is 1. The summed E-state index contributed by atoms with van der Waals surface area (Å²) >= 11 is 0. The van der Waals surface area contributed by atoms with Gasteiger partial charge in [-0.2, -0.15) is 0 Å². The molecule has 2 atom stereocenters. The van der Waals surface area contributed by atoms with E-state index in [2.05, 4.69) is 0 Å². The molecule has 0 radical (unpaired) electrons. The Bertz CT molecular complexity index is 842. The lowest BCUT2D eigenvalue weighted by Gasteiger charge is -2.25. The summed E-state index contributed by atoms with van der Waals surface area (Å²) in [5.74, 6) is -1.19. The molecular weight excluding hydrogens is 332 g/mol. The van der Waals surface area contributed by atoms with Crippen LogP contribution in [0, 0.1) is 11.6 Å². The Hall–Kier alpha value is -2.67. The van der Waals surface area contributed by atoms with Gasteiger partial charge in [-0.25, -0.2) is 8.78 Å². The number of benzene rings is 2. The third kappa shape index (κ3) is 2.80. The number of ether oxygens (including phenoxy) is 2. The normalized spacial score (nSPS) is 21.6. The molecule has 0 aliphatic carbocycles. The molecular formula is C18H15F2NO4. The molecule has 1 fully saturated rings. The van der Waals surface area contributed by atoms with Crippen molar-refractivity contribution >= 4 is 5.91 Å². The Labute approximate surface area is 142 Å². The smallest absolute Gasteiger partial charge is 0.254 e. The lowest BCUT2D eigenvalue weighted by molar-refractivity contribution is 0.0715. The Kier molecular flexibility index (Phi) is 3.80. The molecule has 0 spiro atoms. The van der Waals surface area contributed by atoms with Crippen LogP contribution in [0.25, 0.3) is 0 Å². The first-order valence-electron chi connectivity index (χ1n) is 7.86. The van der Waals surface area contributed by atoms with Crippen LogP contribution in [0.1, 0.15) is 28.4 Å². The topological polar surface area (TPSA) is 59.0 Å². The van der Waals surface area contributed by atoms with Crippen molar-refractivity contribution in [2.45, 2.75) is 18.6 Å². The molecule has 4 rings (SSSR count). The molecule has 0 unspecified atom stereocenters. The van der Waals surface area contributed by atoms with Gasteiger partial charge in [-0.3, -0.25) is 4.79 Å². The molecule has 1 N–H and O–H groups in total. The molecule has 2 aliphatic heterocycles. The molecule has 0 aromatic heterocycles. The standard InChI is InChI=1S/C18H15F2NO4/c19-13-3-1-10(5-14(13)20)15-7-12(22)8-21(15)18(23)11-2-4-16-17(6-11)25-9-24-16/h1-6,12,15,22H,7-9H2/t12-,15-/m0/s1. The van der Waals surface area contributed by atoms with Crippen LogP contribution in [0.15, 0.2) is 36.4 Å². The van der Waals surface area contributed by atoms with Crippen molar-refractivity contribution in [1.82, 2.24) is 4.90 Å². The zero-order valence-corrected chi connectivity index (χ0v) is 13.1. The van der Waals surface area contributed by atoms with Gasteiger partial charge in [0.05, 0.1) is 12.1 Å². The molecule has 1 saturated heterocycles. The van der Waals surface area contributed by atoms with Crippen LogP contribution in [-0.2, 0) is 0 Å². The van der Waals surface area contributed by atoms with Crippen molar-refractivity contribution in [2.75, 3.05) is 13.3 Å². The third-order valence-electron chi connectivity index (χ3n) is 4.49. The van der Waals surface area contributed by atoms with Crippen molar-refractivity contribution in [2.24, 2.45) is 0 Å². The van der Waals surface area contributed by atoms with Crippen LogP contribution in [0.5, 0.6) is 11.5 Å². The van der Waals surface area contributed by atoms with E-state index in [4.69, 9.17) is 9.47 Å². The fourth-order valence-electron chi connectivity index (χ4n) is 3.27. The summed E-state index contributed by atoms with van der Waals surface area (Å²) in [5, 5.41) is 10.00. The van der Waals surface area contributed by atoms with Crippen molar-refractivity contribution in [3.63, 3.8) is 0 Å². The van der Waals surface area contributed by atoms with E-state index in [1.165, 1.54) is 11.0 Å². The van der Waals surface area contributed by atoms with Gasteiger partial charge in [-0.05, 0) is 42.3 Å². The van der Waals surface area contributed by atoms with Gasteiger partial charge >= 0.3 is 0 Å². The summed E-state index contributed by atoms with van der Waals surface area (Å²) in [7, 11) is 0. The highest BCUT2D eigenvalue weighted by molar-refractivity contribution is 5.95. The van der Waals surface area contributed by atoms with E-state index >= 15 is 0 Å². The monoisotopic (exact) mass is 347 g/mol. The average molecular weight is 347 g/mol. The average Bonchev–Trinajstić information content (AvgIpc) is 3.22. The first-order chi connectivity index (χ1) is 12.0. The van der Waals surface area contributed by atoms with E-state index in [1.807, 2.05) is 0 Å². The number of hydrogen-bond acceptors (Lipinski definition) is 4. The van der Waals surface area contributed by atoms with E-state index < -0.39 is 23.8 Å². The van der Waals surface area contributed by atoms with E-state index in [-0.39, 0.29) is 25.7 Å². The second kappa shape index (κ2) is 6.00. The summed E-state index contributed by atoms with van der Waals surface area (Å²) in [6, 6.07) is 7.84.